The molecule has 3 rings (SSSR count). The molecule has 0 bridgehead atoms. The van der Waals surface area contributed by atoms with E-state index in [1.807, 2.05) is 65.4 Å². The van der Waals surface area contributed by atoms with Crippen LogP contribution >= 0.6 is 0 Å². The second kappa shape index (κ2) is 6.79. The van der Waals surface area contributed by atoms with E-state index in [1.165, 1.54) is 0 Å². The second-order valence-corrected chi connectivity index (χ2v) is 5.18. The van der Waals surface area contributed by atoms with Gasteiger partial charge in [-0.2, -0.15) is 0 Å². The Labute approximate surface area is 134 Å². The third-order valence-corrected chi connectivity index (χ3v) is 3.50. The van der Waals surface area contributed by atoms with Crippen LogP contribution in [0.4, 0.5) is 0 Å². The average molecular weight is 307 g/mol. The van der Waals surface area contributed by atoms with Crippen molar-refractivity contribution in [2.24, 2.45) is 5.73 Å². The fourth-order valence-corrected chi connectivity index (χ4v) is 2.45. The molecule has 0 aliphatic carbocycles. The molecule has 0 aliphatic rings. The molecule has 1 heterocycles. The van der Waals surface area contributed by atoms with Crippen molar-refractivity contribution in [3.05, 3.63) is 78.9 Å². The largest absolute Gasteiger partial charge is 0.457 e. The van der Waals surface area contributed by atoms with Crippen molar-refractivity contribution < 1.29 is 9.53 Å². The van der Waals surface area contributed by atoms with Gasteiger partial charge in [-0.05, 0) is 29.8 Å². The first-order valence-electron chi connectivity index (χ1n) is 7.31. The van der Waals surface area contributed by atoms with E-state index in [0.717, 1.165) is 11.3 Å². The lowest BCUT2D eigenvalue weighted by Gasteiger charge is -2.18. The van der Waals surface area contributed by atoms with E-state index < -0.39 is 0 Å². The number of benzene rings is 2. The number of ether oxygens (including phenoxy) is 1. The van der Waals surface area contributed by atoms with Gasteiger partial charge in [0.15, 0.2) is 0 Å². The number of hydrogen-bond donors (Lipinski definition) is 1. The Morgan fingerprint density at radius 2 is 1.91 bits per heavy atom. The lowest BCUT2D eigenvalue weighted by atomic mass is 10.0. The SMILES string of the molecule is NC(=O)C[C@H](c1cccc(Oc2ccccc2)c1)n1ccnc1. The highest BCUT2D eigenvalue weighted by Gasteiger charge is 2.16. The van der Waals surface area contributed by atoms with E-state index in [4.69, 9.17) is 10.5 Å². The predicted molar refractivity (Wildman–Crippen MR) is 87.1 cm³/mol. The minimum absolute atomic E-state index is 0.200. The number of hydrogen-bond acceptors (Lipinski definition) is 3. The number of carbonyl (C=O) groups is 1. The van der Waals surface area contributed by atoms with Crippen molar-refractivity contribution in [2.45, 2.75) is 12.5 Å². The van der Waals surface area contributed by atoms with Gasteiger partial charge in [0.1, 0.15) is 11.5 Å². The number of nitrogens with zero attached hydrogens (tertiary/aromatic N) is 2. The summed E-state index contributed by atoms with van der Waals surface area (Å²) in [6, 6.07) is 17.0. The summed E-state index contributed by atoms with van der Waals surface area (Å²) >= 11 is 0. The fourth-order valence-electron chi connectivity index (χ4n) is 2.45. The van der Waals surface area contributed by atoms with Gasteiger partial charge in [-0.25, -0.2) is 4.98 Å². The van der Waals surface area contributed by atoms with E-state index in [0.29, 0.717) is 5.75 Å². The Kier molecular flexibility index (Phi) is 4.38. The Bertz CT molecular complexity index is 770. The topological polar surface area (TPSA) is 70.1 Å². The molecule has 1 atom stereocenters. The number of imidazole rings is 1. The third-order valence-electron chi connectivity index (χ3n) is 3.50. The highest BCUT2D eigenvalue weighted by molar-refractivity contribution is 5.74. The van der Waals surface area contributed by atoms with Crippen LogP contribution in [-0.4, -0.2) is 15.5 Å². The molecule has 5 nitrogen and oxygen atoms in total. The highest BCUT2D eigenvalue weighted by Crippen LogP contribution is 2.27. The van der Waals surface area contributed by atoms with Gasteiger partial charge in [0.25, 0.3) is 0 Å². The van der Waals surface area contributed by atoms with Gasteiger partial charge in [-0.3, -0.25) is 4.79 Å². The van der Waals surface area contributed by atoms with Crippen molar-refractivity contribution in [2.75, 3.05) is 0 Å². The molecule has 23 heavy (non-hydrogen) atoms. The van der Waals surface area contributed by atoms with E-state index in [2.05, 4.69) is 4.98 Å². The number of rotatable bonds is 6. The number of para-hydroxylation sites is 1. The standard InChI is InChI=1S/C18H17N3O2/c19-18(22)12-17(21-10-9-20-13-21)14-5-4-8-16(11-14)23-15-6-2-1-3-7-15/h1-11,13,17H,12H2,(H2,19,22)/t17-/m1/s1. The number of nitrogens with two attached hydrogens (primary N) is 1. The van der Waals surface area contributed by atoms with Crippen LogP contribution in [0.3, 0.4) is 0 Å². The molecule has 2 aromatic carbocycles. The van der Waals surface area contributed by atoms with Crippen molar-refractivity contribution >= 4 is 5.91 Å². The molecule has 116 valence electrons. The van der Waals surface area contributed by atoms with Crippen LogP contribution < -0.4 is 10.5 Å². The van der Waals surface area contributed by atoms with Crippen molar-refractivity contribution in [1.29, 1.82) is 0 Å². The third kappa shape index (κ3) is 3.77. The molecule has 1 aromatic heterocycles. The minimum atomic E-state index is -0.363. The molecule has 2 N–H and O–H groups in total. The van der Waals surface area contributed by atoms with Crippen LogP contribution in [-0.2, 0) is 4.79 Å². The maximum Gasteiger partial charge on any atom is 0.219 e. The Morgan fingerprint density at radius 1 is 1.13 bits per heavy atom. The van der Waals surface area contributed by atoms with Crippen LogP contribution in [0.2, 0.25) is 0 Å². The Hall–Kier alpha value is -3.08. The Balaban J connectivity index is 1.88. The van der Waals surface area contributed by atoms with Crippen molar-refractivity contribution in [3.63, 3.8) is 0 Å². The maximum absolute atomic E-state index is 11.4. The molecule has 0 fully saturated rings. The number of amides is 1. The zero-order valence-corrected chi connectivity index (χ0v) is 12.5. The van der Waals surface area contributed by atoms with E-state index in [-0.39, 0.29) is 18.4 Å². The minimum Gasteiger partial charge on any atom is -0.457 e. The molecule has 0 radical (unpaired) electrons. The molecule has 0 saturated carbocycles. The first-order chi connectivity index (χ1) is 11.2. The second-order valence-electron chi connectivity index (χ2n) is 5.18. The molecule has 5 heteroatoms. The molecular weight excluding hydrogens is 290 g/mol. The predicted octanol–water partition coefficient (Wildman–Crippen LogP) is 3.14. The van der Waals surface area contributed by atoms with Gasteiger partial charge < -0.3 is 15.0 Å². The molecule has 3 aromatic rings. The van der Waals surface area contributed by atoms with Gasteiger partial charge in [0.2, 0.25) is 5.91 Å². The quantitative estimate of drug-likeness (QED) is 0.760. The number of carbonyl (C=O) groups excluding carboxylic acids is 1. The van der Waals surface area contributed by atoms with Gasteiger partial charge >= 0.3 is 0 Å². The molecular formula is C18H17N3O2. The Morgan fingerprint density at radius 3 is 2.61 bits per heavy atom. The molecule has 0 spiro atoms. The zero-order chi connectivity index (χ0) is 16.1. The first kappa shape index (κ1) is 14.8. The van der Waals surface area contributed by atoms with Crippen LogP contribution in [0.1, 0.15) is 18.0 Å². The highest BCUT2D eigenvalue weighted by atomic mass is 16.5. The lowest BCUT2D eigenvalue weighted by Crippen LogP contribution is -2.19. The summed E-state index contributed by atoms with van der Waals surface area (Å²) in [4.78, 5) is 15.5. The summed E-state index contributed by atoms with van der Waals surface area (Å²) < 4.78 is 7.72. The van der Waals surface area contributed by atoms with Gasteiger partial charge in [-0.1, -0.05) is 30.3 Å². The van der Waals surface area contributed by atoms with E-state index in [9.17, 15) is 4.79 Å². The van der Waals surface area contributed by atoms with Crippen LogP contribution in [0, 0.1) is 0 Å². The van der Waals surface area contributed by atoms with Crippen LogP contribution in [0.25, 0.3) is 0 Å². The summed E-state index contributed by atoms with van der Waals surface area (Å²) in [6.07, 6.45) is 5.38. The first-order valence-corrected chi connectivity index (χ1v) is 7.31. The van der Waals surface area contributed by atoms with Crippen LogP contribution in [0.15, 0.2) is 73.3 Å². The lowest BCUT2D eigenvalue weighted by molar-refractivity contribution is -0.118. The van der Waals surface area contributed by atoms with Gasteiger partial charge in [0.05, 0.1) is 18.8 Å². The number of aromatic nitrogens is 2. The molecule has 0 aliphatic heterocycles. The maximum atomic E-state index is 11.4. The fraction of sp³-hybridized carbons (Fsp3) is 0.111. The number of primary amides is 1. The van der Waals surface area contributed by atoms with Gasteiger partial charge in [-0.15, -0.1) is 0 Å². The molecule has 0 saturated heterocycles. The summed E-state index contributed by atoms with van der Waals surface area (Å²) in [5.41, 5.74) is 6.33. The summed E-state index contributed by atoms with van der Waals surface area (Å²) in [6.45, 7) is 0. The van der Waals surface area contributed by atoms with Crippen LogP contribution in [0.5, 0.6) is 11.5 Å². The average Bonchev–Trinajstić information content (AvgIpc) is 3.08. The summed E-state index contributed by atoms with van der Waals surface area (Å²) in [5.74, 6) is 1.11. The normalized spacial score (nSPS) is 11.8. The molecule has 0 unspecified atom stereocenters. The summed E-state index contributed by atoms with van der Waals surface area (Å²) in [5, 5.41) is 0. The molecule has 1 amide bonds. The summed E-state index contributed by atoms with van der Waals surface area (Å²) in [7, 11) is 0. The van der Waals surface area contributed by atoms with Crippen molar-refractivity contribution in [3.8, 4) is 11.5 Å². The van der Waals surface area contributed by atoms with Gasteiger partial charge in [0, 0.05) is 12.4 Å². The van der Waals surface area contributed by atoms with E-state index >= 15 is 0 Å². The van der Waals surface area contributed by atoms with Crippen molar-refractivity contribution in [1.82, 2.24) is 9.55 Å². The zero-order valence-electron chi connectivity index (χ0n) is 12.5. The smallest absolute Gasteiger partial charge is 0.219 e. The van der Waals surface area contributed by atoms with E-state index in [1.54, 1.807) is 12.5 Å². The monoisotopic (exact) mass is 307 g/mol.